The Balaban J connectivity index is 1.57. The van der Waals surface area contributed by atoms with Crippen molar-refractivity contribution in [1.82, 2.24) is 9.13 Å². The average Bonchev–Trinajstić information content (AvgIpc) is 3.53. The number of thiazole rings is 1. The summed E-state index contributed by atoms with van der Waals surface area (Å²) < 4.78 is 14.5. The van der Waals surface area contributed by atoms with E-state index in [-0.39, 0.29) is 17.7 Å². The molecule has 46 heavy (non-hydrogen) atoms. The zero-order valence-electron chi connectivity index (χ0n) is 25.6. The van der Waals surface area contributed by atoms with Gasteiger partial charge in [-0.3, -0.25) is 9.36 Å². The van der Waals surface area contributed by atoms with Crippen LogP contribution in [-0.4, -0.2) is 34.8 Å². The molecule has 0 N–H and O–H groups in total. The first kappa shape index (κ1) is 31.0. The van der Waals surface area contributed by atoms with Gasteiger partial charge < -0.3 is 14.0 Å². The van der Waals surface area contributed by atoms with E-state index < -0.39 is 18.0 Å². The molecule has 0 bridgehead atoms. The second-order valence-corrected chi connectivity index (χ2v) is 12.1. The number of fused-ring (bicyclic) bond motifs is 1. The number of esters is 2. The highest BCUT2D eigenvalue weighted by Gasteiger charge is 2.35. The second-order valence-electron chi connectivity index (χ2n) is 10.7. The lowest BCUT2D eigenvalue weighted by atomic mass is 9.93. The van der Waals surface area contributed by atoms with Gasteiger partial charge in [0.25, 0.3) is 5.56 Å². The van der Waals surface area contributed by atoms with E-state index in [2.05, 4.69) is 0 Å². The van der Waals surface area contributed by atoms with Crippen LogP contribution in [0, 0.1) is 13.8 Å². The summed E-state index contributed by atoms with van der Waals surface area (Å²) in [5, 5.41) is 0.536. The van der Waals surface area contributed by atoms with Gasteiger partial charge in [0.05, 0.1) is 41.1 Å². The van der Waals surface area contributed by atoms with Gasteiger partial charge in [0, 0.05) is 27.7 Å². The molecule has 8 nitrogen and oxygen atoms in total. The molecule has 0 spiro atoms. The largest absolute Gasteiger partial charge is 0.465 e. The highest BCUT2D eigenvalue weighted by Crippen LogP contribution is 2.35. The van der Waals surface area contributed by atoms with Crippen LogP contribution in [0.4, 0.5) is 0 Å². The van der Waals surface area contributed by atoms with Crippen molar-refractivity contribution in [2.24, 2.45) is 4.99 Å². The zero-order chi connectivity index (χ0) is 32.5. The third-order valence-corrected chi connectivity index (χ3v) is 9.08. The minimum Gasteiger partial charge on any atom is -0.465 e. The highest BCUT2D eigenvalue weighted by molar-refractivity contribution is 7.07. The van der Waals surface area contributed by atoms with E-state index in [4.69, 9.17) is 26.1 Å². The number of halogens is 1. The van der Waals surface area contributed by atoms with Gasteiger partial charge in [-0.25, -0.2) is 14.6 Å². The average molecular weight is 652 g/mol. The monoisotopic (exact) mass is 651 g/mol. The van der Waals surface area contributed by atoms with E-state index in [0.29, 0.717) is 31.2 Å². The SMILES string of the molecule is CCOC(=O)C1=C(c2ccccc2)N=c2s/c(=C/c3cc(C)n(-c4cccc(C(=O)OC)c4)c3C)c(=O)n2[C@H]1c1ccc(Cl)cc1. The van der Waals surface area contributed by atoms with Crippen LogP contribution >= 0.6 is 22.9 Å². The Morgan fingerprint density at radius 1 is 0.978 bits per heavy atom. The molecule has 6 rings (SSSR count). The van der Waals surface area contributed by atoms with E-state index in [1.807, 2.05) is 79.1 Å². The number of benzene rings is 3. The first-order chi connectivity index (χ1) is 22.2. The standard InChI is InChI=1S/C36H30ClN3O5S/c1-5-45-35(43)30-31(23-10-7-6-8-11-23)38-36-40(32(30)24-14-16-27(37)17-15-24)33(41)29(46-36)20-26-18-21(2)39(22(26)3)28-13-9-12-25(19-28)34(42)44-4/h6-20,32H,5H2,1-4H3/b29-20+/t32-/m0/s1. The van der Waals surface area contributed by atoms with Crippen molar-refractivity contribution in [3.8, 4) is 5.69 Å². The maximum Gasteiger partial charge on any atom is 0.338 e. The molecule has 3 aromatic carbocycles. The van der Waals surface area contributed by atoms with E-state index in [1.54, 1.807) is 41.8 Å². The molecule has 0 radical (unpaired) electrons. The molecule has 0 saturated heterocycles. The van der Waals surface area contributed by atoms with Crippen LogP contribution in [0.15, 0.2) is 100 Å². The molecule has 0 unspecified atom stereocenters. The molecule has 1 aliphatic rings. The van der Waals surface area contributed by atoms with Crippen LogP contribution in [0.3, 0.4) is 0 Å². The van der Waals surface area contributed by atoms with Gasteiger partial charge in [0.15, 0.2) is 4.80 Å². The number of hydrogen-bond acceptors (Lipinski definition) is 7. The lowest BCUT2D eigenvalue weighted by molar-refractivity contribution is -0.138. The van der Waals surface area contributed by atoms with E-state index >= 15 is 0 Å². The quantitative estimate of drug-likeness (QED) is 0.208. The normalized spacial score (nSPS) is 14.5. The fourth-order valence-corrected chi connectivity index (χ4v) is 6.88. The van der Waals surface area contributed by atoms with Crippen LogP contribution in [0.2, 0.25) is 5.02 Å². The van der Waals surface area contributed by atoms with Crippen LogP contribution in [0.1, 0.15) is 51.4 Å². The Morgan fingerprint density at radius 2 is 1.72 bits per heavy atom. The van der Waals surface area contributed by atoms with Gasteiger partial charge in [-0.05, 0) is 74.4 Å². The number of aryl methyl sites for hydroxylation is 1. The minimum atomic E-state index is -0.793. The number of nitrogens with zero attached hydrogens (tertiary/aromatic N) is 3. The Hall–Kier alpha value is -4.99. The van der Waals surface area contributed by atoms with Crippen molar-refractivity contribution in [1.29, 1.82) is 0 Å². The lowest BCUT2D eigenvalue weighted by Gasteiger charge is -2.25. The Labute approximate surface area is 274 Å². The van der Waals surface area contributed by atoms with Crippen LogP contribution in [-0.2, 0) is 14.3 Å². The molecule has 1 aliphatic heterocycles. The van der Waals surface area contributed by atoms with Crippen LogP contribution in [0.25, 0.3) is 17.5 Å². The molecule has 10 heteroatoms. The first-order valence-electron chi connectivity index (χ1n) is 14.6. The van der Waals surface area contributed by atoms with Gasteiger partial charge in [0.1, 0.15) is 0 Å². The number of ether oxygens (including phenoxy) is 2. The van der Waals surface area contributed by atoms with Gasteiger partial charge in [-0.15, -0.1) is 0 Å². The number of carbonyl (C=O) groups excluding carboxylic acids is 2. The van der Waals surface area contributed by atoms with E-state index in [1.165, 1.54) is 18.4 Å². The van der Waals surface area contributed by atoms with Crippen molar-refractivity contribution in [2.45, 2.75) is 26.8 Å². The highest BCUT2D eigenvalue weighted by atomic mass is 35.5. The maximum atomic E-state index is 14.3. The Bertz CT molecular complexity index is 2190. The van der Waals surface area contributed by atoms with E-state index in [0.717, 1.165) is 28.2 Å². The summed E-state index contributed by atoms with van der Waals surface area (Å²) in [6, 6.07) is 24.9. The lowest BCUT2D eigenvalue weighted by Crippen LogP contribution is -2.40. The van der Waals surface area contributed by atoms with Crippen molar-refractivity contribution in [3.05, 3.63) is 149 Å². The molecule has 0 fully saturated rings. The number of carbonyl (C=O) groups is 2. The molecule has 3 heterocycles. The summed E-state index contributed by atoms with van der Waals surface area (Å²) >= 11 is 7.49. The van der Waals surface area contributed by atoms with Gasteiger partial charge in [-0.1, -0.05) is 71.5 Å². The summed E-state index contributed by atoms with van der Waals surface area (Å²) in [6.07, 6.45) is 1.85. The molecule has 2 aromatic heterocycles. The van der Waals surface area contributed by atoms with Gasteiger partial charge >= 0.3 is 11.9 Å². The predicted molar refractivity (Wildman–Crippen MR) is 179 cm³/mol. The van der Waals surface area contributed by atoms with E-state index in [9.17, 15) is 14.4 Å². The third kappa shape index (κ3) is 5.63. The molecule has 1 atom stereocenters. The minimum absolute atomic E-state index is 0.167. The zero-order valence-corrected chi connectivity index (χ0v) is 27.2. The number of rotatable bonds is 7. The molecular weight excluding hydrogens is 622 g/mol. The van der Waals surface area contributed by atoms with Crippen molar-refractivity contribution < 1.29 is 19.1 Å². The number of aromatic nitrogens is 2. The summed E-state index contributed by atoms with van der Waals surface area (Å²) in [5.74, 6) is -0.963. The molecule has 5 aromatic rings. The summed E-state index contributed by atoms with van der Waals surface area (Å²) in [7, 11) is 1.35. The van der Waals surface area contributed by atoms with Crippen LogP contribution in [0.5, 0.6) is 0 Å². The third-order valence-electron chi connectivity index (χ3n) is 7.84. The fourth-order valence-electron chi connectivity index (χ4n) is 5.76. The summed E-state index contributed by atoms with van der Waals surface area (Å²) in [4.78, 5) is 45.5. The van der Waals surface area contributed by atoms with Gasteiger partial charge in [0.2, 0.25) is 0 Å². The predicted octanol–water partition coefficient (Wildman–Crippen LogP) is 5.78. The molecule has 232 valence electrons. The maximum absolute atomic E-state index is 14.3. The fraction of sp³-hybridized carbons (Fsp3) is 0.167. The Kier molecular flexibility index (Phi) is 8.62. The van der Waals surface area contributed by atoms with Gasteiger partial charge in [-0.2, -0.15) is 0 Å². The van der Waals surface area contributed by atoms with Crippen molar-refractivity contribution >= 4 is 46.6 Å². The topological polar surface area (TPSA) is 91.9 Å². The van der Waals surface area contributed by atoms with Crippen LogP contribution < -0.4 is 14.9 Å². The van der Waals surface area contributed by atoms with Crippen molar-refractivity contribution in [2.75, 3.05) is 13.7 Å². The summed E-state index contributed by atoms with van der Waals surface area (Å²) in [5.41, 5.74) is 5.77. The molecular formula is C36H30ClN3O5S. The molecule has 0 saturated carbocycles. The Morgan fingerprint density at radius 3 is 2.41 bits per heavy atom. The molecule has 0 aliphatic carbocycles. The summed E-state index contributed by atoms with van der Waals surface area (Å²) in [6.45, 7) is 5.84. The van der Waals surface area contributed by atoms with Crippen molar-refractivity contribution in [3.63, 3.8) is 0 Å². The first-order valence-corrected chi connectivity index (χ1v) is 15.8. The smallest absolute Gasteiger partial charge is 0.338 e. The second kappa shape index (κ2) is 12.8. The number of hydrogen-bond donors (Lipinski definition) is 0. The molecule has 0 amide bonds. The number of methoxy groups -OCH3 is 1.